The van der Waals surface area contributed by atoms with Gasteiger partial charge in [-0.15, -0.1) is 0 Å². The second kappa shape index (κ2) is 7.26. The van der Waals surface area contributed by atoms with Crippen LogP contribution in [0.3, 0.4) is 0 Å². The average Bonchev–Trinajstić information content (AvgIpc) is 2.71. The van der Waals surface area contributed by atoms with Crippen LogP contribution in [0.25, 0.3) is 11.2 Å². The number of imidazole rings is 1. The molecule has 2 aromatic heterocycles. The molecule has 118 valence electrons. The quantitative estimate of drug-likeness (QED) is 0.264. The number of aliphatic hydroxyl groups is 1. The predicted octanol–water partition coefficient (Wildman–Crippen LogP) is -2.26. The number of fused-ring (bicyclic) bond motifs is 1. The first-order valence-electron chi connectivity index (χ1n) is 5.40. The van der Waals surface area contributed by atoms with Gasteiger partial charge in [0.1, 0.15) is 6.73 Å². The van der Waals surface area contributed by atoms with Crippen molar-refractivity contribution >= 4 is 24.9 Å². The van der Waals surface area contributed by atoms with Gasteiger partial charge < -0.3 is 30.3 Å². The summed E-state index contributed by atoms with van der Waals surface area (Å²) >= 11 is 0. The van der Waals surface area contributed by atoms with Crippen molar-refractivity contribution in [2.75, 3.05) is 18.9 Å². The molecule has 12 nitrogen and oxygen atoms in total. The van der Waals surface area contributed by atoms with Gasteiger partial charge in [0.25, 0.3) is 5.56 Å². The second-order valence-corrected chi connectivity index (χ2v) is 4.64. The fourth-order valence-corrected chi connectivity index (χ4v) is 1.29. The monoisotopic (exact) mass is 323 g/mol. The van der Waals surface area contributed by atoms with Crippen LogP contribution in [0, 0.1) is 0 Å². The molecule has 21 heavy (non-hydrogen) atoms. The number of phosphoric acid groups is 1. The minimum absolute atomic E-state index is 0.0291. The number of aromatic nitrogens is 4. The first-order valence-corrected chi connectivity index (χ1v) is 6.96. The second-order valence-electron chi connectivity index (χ2n) is 3.61. The van der Waals surface area contributed by atoms with Crippen molar-refractivity contribution in [3.05, 3.63) is 16.7 Å². The van der Waals surface area contributed by atoms with Crippen molar-refractivity contribution in [2.45, 2.75) is 6.73 Å². The van der Waals surface area contributed by atoms with E-state index in [9.17, 15) is 4.79 Å². The SMILES string of the molecule is Nc1nc2c(ncn2COCCO)c(=O)[nH]1.O=P(O)(O)O. The molecule has 0 spiro atoms. The Morgan fingerprint density at radius 1 is 1.43 bits per heavy atom. The minimum atomic E-state index is -4.64. The molecular formula is C8H14N5O7P. The standard InChI is InChI=1S/C8H11N5O3.H3O4P/c9-8-11-6-5(7(15)12-8)10-3-13(6)4-16-2-1-14;1-5(2,3)4/h3,14H,1-2,4H2,(H3,9,11,12,15);(H3,1,2,3,4). The Balaban J connectivity index is 0.000000383. The summed E-state index contributed by atoms with van der Waals surface area (Å²) in [7, 11) is -4.64. The van der Waals surface area contributed by atoms with E-state index in [1.54, 1.807) is 0 Å². The van der Waals surface area contributed by atoms with Crippen LogP contribution in [-0.4, -0.2) is 52.5 Å². The molecule has 0 amide bonds. The summed E-state index contributed by atoms with van der Waals surface area (Å²) in [5.74, 6) is 0.0291. The Morgan fingerprint density at radius 2 is 2.05 bits per heavy atom. The largest absolute Gasteiger partial charge is 0.466 e. The van der Waals surface area contributed by atoms with Crippen LogP contribution in [0.2, 0.25) is 0 Å². The van der Waals surface area contributed by atoms with Crippen molar-refractivity contribution in [3.8, 4) is 0 Å². The number of hydrogen-bond donors (Lipinski definition) is 6. The van der Waals surface area contributed by atoms with E-state index in [1.807, 2.05) is 0 Å². The molecule has 0 saturated heterocycles. The molecule has 7 N–H and O–H groups in total. The topological polar surface area (TPSA) is 197 Å². The summed E-state index contributed by atoms with van der Waals surface area (Å²) < 4.78 is 15.5. The Bertz CT molecular complexity index is 684. The number of nitrogens with two attached hydrogens (primary N) is 1. The minimum Gasteiger partial charge on any atom is -0.394 e. The smallest absolute Gasteiger partial charge is 0.394 e. The van der Waals surface area contributed by atoms with Gasteiger partial charge in [-0.1, -0.05) is 0 Å². The highest BCUT2D eigenvalue weighted by atomic mass is 31.2. The number of aromatic amines is 1. The summed E-state index contributed by atoms with van der Waals surface area (Å²) in [6, 6.07) is 0. The zero-order valence-corrected chi connectivity index (χ0v) is 11.5. The van der Waals surface area contributed by atoms with Gasteiger partial charge >= 0.3 is 7.82 Å². The number of rotatable bonds is 4. The van der Waals surface area contributed by atoms with E-state index in [1.165, 1.54) is 10.9 Å². The lowest BCUT2D eigenvalue weighted by molar-refractivity contribution is 0.0499. The average molecular weight is 323 g/mol. The van der Waals surface area contributed by atoms with E-state index in [0.29, 0.717) is 5.65 Å². The van der Waals surface area contributed by atoms with Crippen molar-refractivity contribution in [3.63, 3.8) is 0 Å². The van der Waals surface area contributed by atoms with E-state index in [2.05, 4.69) is 15.0 Å². The van der Waals surface area contributed by atoms with Gasteiger partial charge in [-0.05, 0) is 0 Å². The maximum Gasteiger partial charge on any atom is 0.466 e. The van der Waals surface area contributed by atoms with Gasteiger partial charge in [0.2, 0.25) is 5.95 Å². The zero-order valence-electron chi connectivity index (χ0n) is 10.6. The van der Waals surface area contributed by atoms with Crippen LogP contribution in [0.4, 0.5) is 5.95 Å². The van der Waals surface area contributed by atoms with E-state index < -0.39 is 7.82 Å². The van der Waals surface area contributed by atoms with E-state index in [0.717, 1.165) is 0 Å². The fraction of sp³-hybridized carbons (Fsp3) is 0.375. The molecule has 0 atom stereocenters. The highest BCUT2D eigenvalue weighted by Gasteiger charge is 2.08. The van der Waals surface area contributed by atoms with Crippen molar-refractivity contribution in [1.29, 1.82) is 0 Å². The highest BCUT2D eigenvalue weighted by molar-refractivity contribution is 7.45. The molecule has 13 heteroatoms. The summed E-state index contributed by atoms with van der Waals surface area (Å²) in [6.07, 6.45) is 1.43. The molecule has 0 saturated carbocycles. The maximum absolute atomic E-state index is 11.4. The molecule has 0 bridgehead atoms. The highest BCUT2D eigenvalue weighted by Crippen LogP contribution is 2.25. The Hall–Kier alpha value is -1.82. The first kappa shape index (κ1) is 17.2. The molecule has 2 heterocycles. The van der Waals surface area contributed by atoms with Gasteiger partial charge in [-0.25, -0.2) is 9.55 Å². The van der Waals surface area contributed by atoms with Crippen LogP contribution in [0.5, 0.6) is 0 Å². The lowest BCUT2D eigenvalue weighted by atomic mass is 10.5. The van der Waals surface area contributed by atoms with Crippen molar-refractivity contribution < 1.29 is 29.1 Å². The number of aliphatic hydroxyl groups excluding tert-OH is 1. The molecule has 0 aliphatic heterocycles. The van der Waals surface area contributed by atoms with Crippen molar-refractivity contribution in [1.82, 2.24) is 19.5 Å². The summed E-state index contributed by atoms with van der Waals surface area (Å²) in [4.78, 5) is 43.2. The first-order chi connectivity index (χ1) is 9.72. The number of hydrogen-bond acceptors (Lipinski definition) is 7. The summed E-state index contributed by atoms with van der Waals surface area (Å²) in [5, 5.41) is 8.56. The molecular weight excluding hydrogens is 309 g/mol. The third-order valence-electron chi connectivity index (χ3n) is 1.96. The summed E-state index contributed by atoms with van der Waals surface area (Å²) in [6.45, 7) is 0.300. The Labute approximate surface area is 117 Å². The van der Waals surface area contributed by atoms with E-state index in [4.69, 9.17) is 34.8 Å². The maximum atomic E-state index is 11.4. The lowest BCUT2D eigenvalue weighted by Gasteiger charge is -2.03. The predicted molar refractivity (Wildman–Crippen MR) is 69.9 cm³/mol. The molecule has 2 rings (SSSR count). The van der Waals surface area contributed by atoms with Crippen LogP contribution >= 0.6 is 7.82 Å². The number of H-pyrrole nitrogens is 1. The Kier molecular flexibility index (Phi) is 5.96. The Morgan fingerprint density at radius 3 is 2.62 bits per heavy atom. The third kappa shape index (κ3) is 5.99. The molecule has 0 aliphatic carbocycles. The summed E-state index contributed by atoms with van der Waals surface area (Å²) in [5.41, 5.74) is 5.60. The number of nitrogens with one attached hydrogen (secondary N) is 1. The fourth-order valence-electron chi connectivity index (χ4n) is 1.29. The lowest BCUT2D eigenvalue weighted by Crippen LogP contribution is -2.13. The van der Waals surface area contributed by atoms with Gasteiger partial charge in [-0.2, -0.15) is 4.98 Å². The normalized spacial score (nSPS) is 11.2. The molecule has 0 fully saturated rings. The third-order valence-corrected chi connectivity index (χ3v) is 1.96. The molecule has 0 unspecified atom stereocenters. The van der Waals surface area contributed by atoms with Crippen LogP contribution < -0.4 is 11.3 Å². The number of nitrogens with zero attached hydrogens (tertiary/aromatic N) is 3. The van der Waals surface area contributed by atoms with E-state index >= 15 is 0 Å². The van der Waals surface area contributed by atoms with Crippen LogP contribution in [-0.2, 0) is 16.0 Å². The van der Waals surface area contributed by atoms with Crippen LogP contribution in [0.15, 0.2) is 11.1 Å². The van der Waals surface area contributed by atoms with Crippen LogP contribution in [0.1, 0.15) is 0 Å². The number of anilines is 1. The number of ether oxygens (including phenoxy) is 1. The molecule has 0 aromatic carbocycles. The van der Waals surface area contributed by atoms with Gasteiger partial charge in [0.05, 0.1) is 19.5 Å². The zero-order chi connectivity index (χ0) is 16.0. The number of nitrogen functional groups attached to an aromatic ring is 1. The van der Waals surface area contributed by atoms with Gasteiger partial charge in [0.15, 0.2) is 11.2 Å². The molecule has 0 aliphatic rings. The van der Waals surface area contributed by atoms with Gasteiger partial charge in [-0.3, -0.25) is 14.3 Å². The van der Waals surface area contributed by atoms with Gasteiger partial charge in [0, 0.05) is 0 Å². The van der Waals surface area contributed by atoms with Crippen molar-refractivity contribution in [2.24, 2.45) is 0 Å². The molecule has 0 radical (unpaired) electrons. The van der Waals surface area contributed by atoms with E-state index in [-0.39, 0.29) is 37.0 Å². The molecule has 2 aromatic rings.